The molecule has 1 amide bonds. The minimum absolute atomic E-state index is 0.0900. The van der Waals surface area contributed by atoms with Crippen LogP contribution < -0.4 is 4.90 Å². The molecule has 0 N–H and O–H groups in total. The van der Waals surface area contributed by atoms with E-state index >= 15 is 0 Å². The largest absolute Gasteiger partial charge is 0.357 e. The molecule has 0 saturated heterocycles. The van der Waals surface area contributed by atoms with Crippen molar-refractivity contribution < 1.29 is 4.79 Å². The molecule has 0 bridgehead atoms. The van der Waals surface area contributed by atoms with Crippen molar-refractivity contribution in [2.45, 2.75) is 27.3 Å². The Labute approximate surface area is 138 Å². The highest BCUT2D eigenvalue weighted by Gasteiger charge is 2.17. The lowest BCUT2D eigenvalue weighted by atomic mass is 10.2. The minimum Gasteiger partial charge on any atom is -0.357 e. The third-order valence-electron chi connectivity index (χ3n) is 3.74. The third-order valence-corrected chi connectivity index (χ3v) is 3.74. The lowest BCUT2D eigenvalue weighted by Crippen LogP contribution is -2.29. The van der Waals surface area contributed by atoms with Crippen molar-refractivity contribution in [2.24, 2.45) is 0 Å². The van der Waals surface area contributed by atoms with Crippen LogP contribution in [0.25, 0.3) is 0 Å². The van der Waals surface area contributed by atoms with Gasteiger partial charge in [0, 0.05) is 32.7 Å². The molecule has 1 heterocycles. The molecule has 23 heavy (non-hydrogen) atoms. The van der Waals surface area contributed by atoms with Gasteiger partial charge in [0.1, 0.15) is 17.3 Å². The van der Waals surface area contributed by atoms with Gasteiger partial charge in [-0.3, -0.25) is 4.79 Å². The Balaban J connectivity index is 2.21. The summed E-state index contributed by atoms with van der Waals surface area (Å²) < 4.78 is 0. The van der Waals surface area contributed by atoms with Gasteiger partial charge in [0.05, 0.1) is 0 Å². The molecule has 2 rings (SSSR count). The topological polar surface area (TPSA) is 49.3 Å². The molecule has 0 radical (unpaired) electrons. The number of carbonyl (C=O) groups is 1. The van der Waals surface area contributed by atoms with E-state index in [1.165, 1.54) is 0 Å². The quantitative estimate of drug-likeness (QED) is 0.823. The first kappa shape index (κ1) is 16.9. The SMILES string of the molecule is CCN(CC)c1cc(C(=O)N(C)Cc2ccccc2)nc(C)n1. The number of carbonyl (C=O) groups excluding carboxylic acids is 1. The molecule has 0 fully saturated rings. The van der Waals surface area contributed by atoms with Crippen molar-refractivity contribution in [3.63, 3.8) is 0 Å². The maximum absolute atomic E-state index is 12.7. The van der Waals surface area contributed by atoms with Crippen LogP contribution in [-0.2, 0) is 6.54 Å². The fourth-order valence-corrected chi connectivity index (χ4v) is 2.50. The maximum Gasteiger partial charge on any atom is 0.272 e. The number of benzene rings is 1. The Morgan fingerprint density at radius 2 is 1.74 bits per heavy atom. The van der Waals surface area contributed by atoms with Gasteiger partial charge in [-0.05, 0) is 26.3 Å². The van der Waals surface area contributed by atoms with Gasteiger partial charge in [0.15, 0.2) is 0 Å². The molecule has 0 unspecified atom stereocenters. The molecule has 5 nitrogen and oxygen atoms in total. The number of amides is 1. The first-order valence-corrected chi connectivity index (χ1v) is 7.95. The molecule has 0 aliphatic heterocycles. The van der Waals surface area contributed by atoms with Crippen molar-refractivity contribution >= 4 is 11.7 Å². The average molecular weight is 312 g/mol. The van der Waals surface area contributed by atoms with Gasteiger partial charge < -0.3 is 9.80 Å². The number of aromatic nitrogens is 2. The van der Waals surface area contributed by atoms with E-state index in [0.717, 1.165) is 24.5 Å². The standard InChI is InChI=1S/C18H24N4O/c1-5-22(6-2)17-12-16(19-14(3)20-17)18(23)21(4)13-15-10-8-7-9-11-15/h7-12H,5-6,13H2,1-4H3. The lowest BCUT2D eigenvalue weighted by Gasteiger charge is -2.22. The zero-order chi connectivity index (χ0) is 16.8. The third kappa shape index (κ3) is 4.28. The number of aryl methyl sites for hydroxylation is 1. The van der Waals surface area contributed by atoms with Crippen LogP contribution in [0.5, 0.6) is 0 Å². The van der Waals surface area contributed by atoms with E-state index in [0.29, 0.717) is 18.1 Å². The fourth-order valence-electron chi connectivity index (χ4n) is 2.50. The van der Waals surface area contributed by atoms with Crippen LogP contribution in [0.15, 0.2) is 36.4 Å². The monoisotopic (exact) mass is 312 g/mol. The number of anilines is 1. The van der Waals surface area contributed by atoms with Gasteiger partial charge in [0.25, 0.3) is 5.91 Å². The Hall–Kier alpha value is -2.43. The van der Waals surface area contributed by atoms with Crippen molar-refractivity contribution in [2.75, 3.05) is 25.0 Å². The summed E-state index contributed by atoms with van der Waals surface area (Å²) in [5, 5.41) is 0. The van der Waals surface area contributed by atoms with Gasteiger partial charge in [-0.15, -0.1) is 0 Å². The van der Waals surface area contributed by atoms with Gasteiger partial charge in [0.2, 0.25) is 0 Å². The molecule has 1 aromatic carbocycles. The van der Waals surface area contributed by atoms with Crippen LogP contribution in [0.3, 0.4) is 0 Å². The number of hydrogen-bond donors (Lipinski definition) is 0. The predicted octanol–water partition coefficient (Wildman–Crippen LogP) is 2.90. The lowest BCUT2D eigenvalue weighted by molar-refractivity contribution is 0.0779. The minimum atomic E-state index is -0.0900. The number of hydrogen-bond acceptors (Lipinski definition) is 4. The summed E-state index contributed by atoms with van der Waals surface area (Å²) in [5.41, 5.74) is 1.54. The molecule has 0 atom stereocenters. The molecule has 122 valence electrons. The fraction of sp³-hybridized carbons (Fsp3) is 0.389. The first-order chi connectivity index (χ1) is 11.0. The Morgan fingerprint density at radius 1 is 1.09 bits per heavy atom. The van der Waals surface area contributed by atoms with Crippen LogP contribution in [0.4, 0.5) is 5.82 Å². The highest BCUT2D eigenvalue weighted by atomic mass is 16.2. The normalized spacial score (nSPS) is 10.4. The van der Waals surface area contributed by atoms with E-state index in [1.807, 2.05) is 37.3 Å². The van der Waals surface area contributed by atoms with Gasteiger partial charge in [-0.2, -0.15) is 0 Å². The summed E-state index contributed by atoms with van der Waals surface area (Å²) in [6, 6.07) is 11.7. The van der Waals surface area contributed by atoms with Gasteiger partial charge in [-0.1, -0.05) is 30.3 Å². The predicted molar refractivity (Wildman–Crippen MR) is 92.6 cm³/mol. The summed E-state index contributed by atoms with van der Waals surface area (Å²) in [6.45, 7) is 8.22. The molecule has 1 aromatic heterocycles. The van der Waals surface area contributed by atoms with Crippen LogP contribution in [0.1, 0.15) is 35.7 Å². The van der Waals surface area contributed by atoms with E-state index in [1.54, 1.807) is 18.0 Å². The van der Waals surface area contributed by atoms with Gasteiger partial charge in [-0.25, -0.2) is 9.97 Å². The summed E-state index contributed by atoms with van der Waals surface area (Å²) >= 11 is 0. The number of rotatable bonds is 6. The van der Waals surface area contributed by atoms with E-state index in [2.05, 4.69) is 28.7 Å². The highest BCUT2D eigenvalue weighted by Crippen LogP contribution is 2.14. The smallest absolute Gasteiger partial charge is 0.272 e. The highest BCUT2D eigenvalue weighted by molar-refractivity contribution is 5.92. The first-order valence-electron chi connectivity index (χ1n) is 7.95. The average Bonchev–Trinajstić information content (AvgIpc) is 2.55. The second-order valence-corrected chi connectivity index (χ2v) is 5.48. The molecule has 0 aliphatic rings. The van der Waals surface area contributed by atoms with E-state index in [-0.39, 0.29) is 5.91 Å². The Bertz CT molecular complexity index is 653. The molecule has 0 spiro atoms. The van der Waals surface area contributed by atoms with Crippen molar-refractivity contribution in [3.8, 4) is 0 Å². The second-order valence-electron chi connectivity index (χ2n) is 5.48. The van der Waals surface area contributed by atoms with Crippen LogP contribution >= 0.6 is 0 Å². The Morgan fingerprint density at radius 3 is 2.35 bits per heavy atom. The second kappa shape index (κ2) is 7.72. The zero-order valence-electron chi connectivity index (χ0n) is 14.3. The summed E-state index contributed by atoms with van der Waals surface area (Å²) in [7, 11) is 1.80. The molecular weight excluding hydrogens is 288 g/mol. The van der Waals surface area contributed by atoms with E-state index in [9.17, 15) is 4.79 Å². The van der Waals surface area contributed by atoms with E-state index in [4.69, 9.17) is 0 Å². The van der Waals surface area contributed by atoms with Crippen molar-refractivity contribution in [3.05, 3.63) is 53.5 Å². The van der Waals surface area contributed by atoms with Crippen molar-refractivity contribution in [1.82, 2.24) is 14.9 Å². The maximum atomic E-state index is 12.7. The summed E-state index contributed by atoms with van der Waals surface area (Å²) in [4.78, 5) is 25.2. The Kier molecular flexibility index (Phi) is 5.68. The molecule has 5 heteroatoms. The molecule has 0 saturated carbocycles. The van der Waals surface area contributed by atoms with Crippen LogP contribution in [0, 0.1) is 6.92 Å². The molecular formula is C18H24N4O. The van der Waals surface area contributed by atoms with Crippen molar-refractivity contribution in [1.29, 1.82) is 0 Å². The zero-order valence-corrected chi connectivity index (χ0v) is 14.3. The summed E-state index contributed by atoms with van der Waals surface area (Å²) in [6.07, 6.45) is 0. The van der Waals surface area contributed by atoms with Crippen LogP contribution in [0.2, 0.25) is 0 Å². The molecule has 2 aromatic rings. The van der Waals surface area contributed by atoms with Gasteiger partial charge >= 0.3 is 0 Å². The number of nitrogens with zero attached hydrogens (tertiary/aromatic N) is 4. The van der Waals surface area contributed by atoms with E-state index < -0.39 is 0 Å². The molecule has 0 aliphatic carbocycles. The summed E-state index contributed by atoms with van der Waals surface area (Å²) in [5.74, 6) is 1.33. The van der Waals surface area contributed by atoms with Crippen LogP contribution in [-0.4, -0.2) is 40.9 Å².